The van der Waals surface area contributed by atoms with E-state index in [-0.39, 0.29) is 0 Å². The van der Waals surface area contributed by atoms with E-state index < -0.39 is 0 Å². The minimum atomic E-state index is 0.713. The lowest BCUT2D eigenvalue weighted by molar-refractivity contribution is 0.641. The summed E-state index contributed by atoms with van der Waals surface area (Å²) in [5.74, 6) is 0.713. The molecule has 96 valence electrons. The van der Waals surface area contributed by atoms with Gasteiger partial charge in [-0.3, -0.25) is 0 Å². The van der Waals surface area contributed by atoms with E-state index in [1.807, 2.05) is 0 Å². The molecule has 0 bridgehead atoms. The van der Waals surface area contributed by atoms with Gasteiger partial charge in [-0.15, -0.1) is 0 Å². The van der Waals surface area contributed by atoms with E-state index >= 15 is 0 Å². The summed E-state index contributed by atoms with van der Waals surface area (Å²) >= 11 is 0. The van der Waals surface area contributed by atoms with E-state index in [0.29, 0.717) is 5.92 Å². The highest BCUT2D eigenvalue weighted by Crippen LogP contribution is 2.32. The lowest BCUT2D eigenvalue weighted by Gasteiger charge is -2.12. The second kappa shape index (κ2) is 5.27. The number of hydrogen-bond acceptors (Lipinski definition) is 1. The van der Waals surface area contributed by atoms with Gasteiger partial charge in [0.25, 0.3) is 0 Å². The molecule has 3 rings (SSSR count). The van der Waals surface area contributed by atoms with Crippen LogP contribution in [0.2, 0.25) is 0 Å². The van der Waals surface area contributed by atoms with Gasteiger partial charge in [0.15, 0.2) is 0 Å². The van der Waals surface area contributed by atoms with Crippen LogP contribution in [-0.4, -0.2) is 12.6 Å². The van der Waals surface area contributed by atoms with E-state index in [1.54, 1.807) is 5.57 Å². The lowest BCUT2D eigenvalue weighted by Crippen LogP contribution is -2.20. The average molecular weight is 241 g/mol. The number of nitrogens with one attached hydrogen (secondary N) is 1. The second-order valence-electron chi connectivity index (χ2n) is 5.87. The molecule has 18 heavy (non-hydrogen) atoms. The largest absolute Gasteiger partial charge is 0.310 e. The Morgan fingerprint density at radius 2 is 2.11 bits per heavy atom. The molecule has 0 aromatic rings. The maximum atomic E-state index is 3.67. The molecular formula is C17H23N. The topological polar surface area (TPSA) is 12.0 Å². The van der Waals surface area contributed by atoms with Crippen molar-refractivity contribution in [3.8, 4) is 0 Å². The summed E-state index contributed by atoms with van der Waals surface area (Å²) in [6, 6.07) is 0.793. The number of rotatable bonds is 3. The Kier molecular flexibility index (Phi) is 3.51. The molecule has 1 heteroatoms. The Labute approximate surface area is 110 Å². The van der Waals surface area contributed by atoms with Gasteiger partial charge in [0.1, 0.15) is 0 Å². The maximum Gasteiger partial charge on any atom is 0.0210 e. The molecule has 3 aliphatic carbocycles. The summed E-state index contributed by atoms with van der Waals surface area (Å²) in [6.45, 7) is 3.40. The zero-order chi connectivity index (χ0) is 12.4. The van der Waals surface area contributed by atoms with Gasteiger partial charge in [-0.1, -0.05) is 42.9 Å². The first-order valence-electron chi connectivity index (χ1n) is 7.32. The third kappa shape index (κ3) is 2.84. The zero-order valence-electron chi connectivity index (χ0n) is 11.3. The van der Waals surface area contributed by atoms with Gasteiger partial charge >= 0.3 is 0 Å². The number of hydrogen-bond donors (Lipinski definition) is 1. The van der Waals surface area contributed by atoms with Gasteiger partial charge in [0.2, 0.25) is 0 Å². The first-order chi connectivity index (χ1) is 8.83. The average Bonchev–Trinajstić information content (AvgIpc) is 3.16. The maximum absolute atomic E-state index is 3.67. The van der Waals surface area contributed by atoms with E-state index in [9.17, 15) is 0 Å². The van der Waals surface area contributed by atoms with Crippen LogP contribution in [0.5, 0.6) is 0 Å². The highest BCUT2D eigenvalue weighted by atomic mass is 14.9. The van der Waals surface area contributed by atoms with Gasteiger partial charge in [-0.2, -0.15) is 0 Å². The van der Waals surface area contributed by atoms with Crippen molar-refractivity contribution in [3.63, 3.8) is 0 Å². The van der Waals surface area contributed by atoms with Crippen molar-refractivity contribution in [2.75, 3.05) is 6.54 Å². The number of allylic oxidation sites excluding steroid dienone is 6. The van der Waals surface area contributed by atoms with Crippen molar-refractivity contribution in [1.82, 2.24) is 5.32 Å². The summed E-state index contributed by atoms with van der Waals surface area (Å²) in [6.07, 6.45) is 17.9. The Balaban J connectivity index is 1.83. The molecular weight excluding hydrogens is 218 g/mol. The van der Waals surface area contributed by atoms with Crippen molar-refractivity contribution in [3.05, 3.63) is 47.1 Å². The van der Waals surface area contributed by atoms with E-state index in [1.165, 1.54) is 36.8 Å². The van der Waals surface area contributed by atoms with Crippen molar-refractivity contribution >= 4 is 0 Å². The monoisotopic (exact) mass is 241 g/mol. The van der Waals surface area contributed by atoms with Crippen LogP contribution >= 0.6 is 0 Å². The SMILES string of the molecule is CC1C=C(CNC2CC2)C2=C(CC=CC=C2)CC1. The minimum Gasteiger partial charge on any atom is -0.310 e. The molecule has 1 atom stereocenters. The normalized spacial score (nSPS) is 27.6. The fourth-order valence-electron chi connectivity index (χ4n) is 2.85. The van der Waals surface area contributed by atoms with Crippen LogP contribution < -0.4 is 5.32 Å². The summed E-state index contributed by atoms with van der Waals surface area (Å²) in [7, 11) is 0. The van der Waals surface area contributed by atoms with Crippen LogP contribution in [0, 0.1) is 5.92 Å². The molecule has 1 N–H and O–H groups in total. The molecule has 0 aromatic carbocycles. The molecule has 1 fully saturated rings. The molecule has 1 nitrogen and oxygen atoms in total. The molecule has 0 radical (unpaired) electrons. The highest BCUT2D eigenvalue weighted by Gasteiger charge is 2.22. The summed E-state index contributed by atoms with van der Waals surface area (Å²) in [5.41, 5.74) is 4.67. The predicted octanol–water partition coefficient (Wildman–Crippen LogP) is 3.91. The summed E-state index contributed by atoms with van der Waals surface area (Å²) < 4.78 is 0. The van der Waals surface area contributed by atoms with Crippen molar-refractivity contribution < 1.29 is 0 Å². The van der Waals surface area contributed by atoms with Crippen molar-refractivity contribution in [2.45, 2.75) is 45.1 Å². The standard InChI is InChI=1S/C17H23N/c1-13-7-8-14-5-3-2-4-6-17(14)15(11-13)12-18-16-9-10-16/h2-4,6,11,13,16,18H,5,7-10,12H2,1H3. The molecule has 3 aliphatic rings. The van der Waals surface area contributed by atoms with Gasteiger partial charge in [-0.05, 0) is 49.2 Å². The van der Waals surface area contributed by atoms with Crippen LogP contribution in [0.15, 0.2) is 47.1 Å². The first kappa shape index (κ1) is 12.0. The molecule has 0 aromatic heterocycles. The fraction of sp³-hybridized carbons (Fsp3) is 0.529. The molecule has 0 aliphatic heterocycles. The fourth-order valence-corrected chi connectivity index (χ4v) is 2.85. The summed E-state index contributed by atoms with van der Waals surface area (Å²) in [5, 5.41) is 3.67. The first-order valence-corrected chi connectivity index (χ1v) is 7.32. The van der Waals surface area contributed by atoms with Crippen LogP contribution in [0.3, 0.4) is 0 Å². The van der Waals surface area contributed by atoms with E-state index in [0.717, 1.165) is 19.0 Å². The van der Waals surface area contributed by atoms with Crippen LogP contribution in [0.25, 0.3) is 0 Å². The lowest BCUT2D eigenvalue weighted by atomic mass is 9.97. The molecule has 0 saturated heterocycles. The Morgan fingerprint density at radius 1 is 1.22 bits per heavy atom. The molecule has 1 unspecified atom stereocenters. The zero-order valence-corrected chi connectivity index (χ0v) is 11.3. The summed E-state index contributed by atoms with van der Waals surface area (Å²) in [4.78, 5) is 0. The smallest absolute Gasteiger partial charge is 0.0210 e. The van der Waals surface area contributed by atoms with Crippen molar-refractivity contribution in [2.24, 2.45) is 5.92 Å². The van der Waals surface area contributed by atoms with Crippen LogP contribution in [0.4, 0.5) is 0 Å². The van der Waals surface area contributed by atoms with Gasteiger partial charge in [-0.25, -0.2) is 0 Å². The minimum absolute atomic E-state index is 0.713. The Hall–Kier alpha value is -1.08. The predicted molar refractivity (Wildman–Crippen MR) is 77.4 cm³/mol. The van der Waals surface area contributed by atoms with Gasteiger partial charge < -0.3 is 5.32 Å². The molecule has 0 spiro atoms. The second-order valence-corrected chi connectivity index (χ2v) is 5.87. The Morgan fingerprint density at radius 3 is 2.94 bits per heavy atom. The third-order valence-electron chi connectivity index (χ3n) is 4.15. The third-order valence-corrected chi connectivity index (χ3v) is 4.15. The van der Waals surface area contributed by atoms with E-state index in [4.69, 9.17) is 0 Å². The molecule has 0 amide bonds. The van der Waals surface area contributed by atoms with E-state index in [2.05, 4.69) is 42.6 Å². The van der Waals surface area contributed by atoms with Crippen molar-refractivity contribution in [1.29, 1.82) is 0 Å². The Bertz CT molecular complexity index is 433. The van der Waals surface area contributed by atoms with Crippen LogP contribution in [0.1, 0.15) is 39.0 Å². The van der Waals surface area contributed by atoms with Gasteiger partial charge in [0, 0.05) is 12.6 Å². The highest BCUT2D eigenvalue weighted by molar-refractivity contribution is 5.48. The molecule has 0 heterocycles. The van der Waals surface area contributed by atoms with Gasteiger partial charge in [0.05, 0.1) is 0 Å². The molecule has 1 saturated carbocycles. The quantitative estimate of drug-likeness (QED) is 0.790. The van der Waals surface area contributed by atoms with Crippen LogP contribution in [-0.2, 0) is 0 Å².